The van der Waals surface area contributed by atoms with Crippen LogP contribution in [-0.2, 0) is 27.1 Å². The van der Waals surface area contributed by atoms with Crippen LogP contribution in [0.25, 0.3) is 0 Å². The summed E-state index contributed by atoms with van der Waals surface area (Å²) in [7, 11) is -13.9. The molecule has 0 fully saturated rings. The maximum Gasteiger partial charge on any atom is 0.486 e. The molecule has 3 atom stereocenters. The van der Waals surface area contributed by atoms with Gasteiger partial charge in [0.1, 0.15) is 6.35 Å². The summed E-state index contributed by atoms with van der Waals surface area (Å²) in [6, 6.07) is 0. The van der Waals surface area contributed by atoms with Crippen LogP contribution in [0.2, 0.25) is 0 Å². The highest BCUT2D eigenvalue weighted by atomic mass is 31.3. The Hall–Kier alpha value is 0.450. The summed E-state index contributed by atoms with van der Waals surface area (Å²) >= 11 is 0. The van der Waals surface area contributed by atoms with E-state index >= 15 is 0 Å². The molecule has 0 radical (unpaired) electrons. The van der Waals surface area contributed by atoms with Crippen molar-refractivity contribution in [2.75, 3.05) is 19.6 Å². The van der Waals surface area contributed by atoms with Gasteiger partial charge >= 0.3 is 23.0 Å². The Kier molecular flexibility index (Phi) is 6.74. The van der Waals surface area contributed by atoms with Crippen molar-refractivity contribution in [3.63, 3.8) is 0 Å². The summed E-state index contributed by atoms with van der Waals surface area (Å²) < 4.78 is 45.3. The van der Waals surface area contributed by atoms with Gasteiger partial charge in [0.2, 0.25) is 0 Å². The van der Waals surface area contributed by atoms with E-state index < -0.39 is 29.4 Å². The normalized spacial score (nSPS) is 22.4. The summed E-state index contributed by atoms with van der Waals surface area (Å²) in [4.78, 5) is 26.7. The molecule has 0 heterocycles. The molecular formula is C5H15O9P3. The molecule has 0 aliphatic carbocycles. The Bertz CT molecular complexity index is 373. The lowest BCUT2D eigenvalue weighted by Gasteiger charge is -2.17. The fourth-order valence-corrected chi connectivity index (χ4v) is 4.47. The summed E-state index contributed by atoms with van der Waals surface area (Å²) in [5.41, 5.74) is 0. The van der Waals surface area contributed by atoms with Crippen LogP contribution in [0.1, 0.15) is 13.3 Å². The Morgan fingerprint density at radius 2 is 1.59 bits per heavy atom. The molecule has 0 spiro atoms. The first-order chi connectivity index (χ1) is 7.47. The first-order valence-electron chi connectivity index (χ1n) is 4.43. The number of hydrogen-bond acceptors (Lipinski definition) is 6. The zero-order valence-electron chi connectivity index (χ0n) is 9.25. The summed E-state index contributed by atoms with van der Waals surface area (Å²) in [6.07, 6.45) is -0.234. The third kappa shape index (κ3) is 10.1. The monoisotopic (exact) mass is 312 g/mol. The zero-order chi connectivity index (χ0) is 13.7. The summed E-state index contributed by atoms with van der Waals surface area (Å²) in [5.74, 6) is 0. The minimum absolute atomic E-state index is 0.163. The first-order valence-corrected chi connectivity index (χ1v) is 9.71. The molecule has 0 aliphatic rings. The largest absolute Gasteiger partial charge is 0.486 e. The summed E-state index contributed by atoms with van der Waals surface area (Å²) in [5, 5.41) is 0. The van der Waals surface area contributed by atoms with Gasteiger partial charge in [0.25, 0.3) is 0 Å². The van der Waals surface area contributed by atoms with Crippen LogP contribution in [0.15, 0.2) is 0 Å². The minimum Gasteiger partial charge on any atom is -0.369 e. The van der Waals surface area contributed by atoms with Crippen molar-refractivity contribution in [3.05, 3.63) is 0 Å². The van der Waals surface area contributed by atoms with E-state index in [0.717, 1.165) is 0 Å². The van der Waals surface area contributed by atoms with Crippen molar-refractivity contribution < 1.29 is 41.7 Å². The molecule has 104 valence electrons. The standard InChI is InChI=1S/C5H15O9P3/c1-3-4-12-5-16(8,9)14-17(10,11)13-15(2,6)7/h3-5H2,1-2H3,(H,6,7)(H,8,9)(H,10,11). The first kappa shape index (κ1) is 17.4. The quantitative estimate of drug-likeness (QED) is 0.449. The average Bonchev–Trinajstić information content (AvgIpc) is 1.96. The third-order valence-corrected chi connectivity index (χ3v) is 5.48. The van der Waals surface area contributed by atoms with Crippen molar-refractivity contribution in [1.82, 2.24) is 0 Å². The van der Waals surface area contributed by atoms with Gasteiger partial charge in [-0.3, -0.25) is 9.13 Å². The third-order valence-electron chi connectivity index (χ3n) is 1.09. The van der Waals surface area contributed by atoms with Crippen LogP contribution < -0.4 is 0 Å². The molecule has 0 rings (SSSR count). The van der Waals surface area contributed by atoms with E-state index in [1.165, 1.54) is 0 Å². The number of rotatable bonds is 8. The molecule has 3 N–H and O–H groups in total. The van der Waals surface area contributed by atoms with E-state index in [9.17, 15) is 13.7 Å². The van der Waals surface area contributed by atoms with Gasteiger partial charge in [0, 0.05) is 13.3 Å². The fourth-order valence-electron chi connectivity index (χ4n) is 0.715. The summed E-state index contributed by atoms with van der Waals surface area (Å²) in [6.45, 7) is 2.55. The molecule has 0 aromatic rings. The van der Waals surface area contributed by atoms with E-state index in [1.807, 2.05) is 0 Å². The van der Waals surface area contributed by atoms with Crippen molar-refractivity contribution >= 4 is 23.0 Å². The van der Waals surface area contributed by atoms with Gasteiger partial charge < -0.3 is 19.4 Å². The Labute approximate surface area is 98.4 Å². The lowest BCUT2D eigenvalue weighted by Crippen LogP contribution is -2.00. The zero-order valence-corrected chi connectivity index (χ0v) is 11.9. The molecule has 17 heavy (non-hydrogen) atoms. The highest BCUT2D eigenvalue weighted by molar-refractivity contribution is 7.69. The lowest BCUT2D eigenvalue weighted by atomic mass is 10.5. The van der Waals surface area contributed by atoms with Gasteiger partial charge in [-0.15, -0.1) is 0 Å². The molecule has 0 aromatic heterocycles. The Balaban J connectivity index is 4.44. The maximum atomic E-state index is 11.2. The highest BCUT2D eigenvalue weighted by Gasteiger charge is 2.38. The van der Waals surface area contributed by atoms with E-state index in [2.05, 4.69) is 13.4 Å². The van der Waals surface area contributed by atoms with Gasteiger partial charge in [0.15, 0.2) is 0 Å². The number of hydrogen-bond donors (Lipinski definition) is 3. The SMILES string of the molecule is CCCOCP(=O)(O)OP(=O)(O)OP(C)(=O)O. The van der Waals surface area contributed by atoms with Crippen LogP contribution >= 0.6 is 23.0 Å². The Morgan fingerprint density at radius 1 is 1.06 bits per heavy atom. The van der Waals surface area contributed by atoms with E-state index in [0.29, 0.717) is 13.1 Å². The van der Waals surface area contributed by atoms with Crippen molar-refractivity contribution in [3.8, 4) is 0 Å². The molecule has 0 saturated heterocycles. The van der Waals surface area contributed by atoms with Gasteiger partial charge in [-0.2, -0.15) is 0 Å². The molecule has 9 nitrogen and oxygen atoms in total. The number of phosphoric acid groups is 1. The molecule has 3 unspecified atom stereocenters. The van der Waals surface area contributed by atoms with Gasteiger partial charge in [-0.25, -0.2) is 13.2 Å². The lowest BCUT2D eigenvalue weighted by molar-refractivity contribution is 0.154. The van der Waals surface area contributed by atoms with E-state index in [4.69, 9.17) is 14.7 Å². The van der Waals surface area contributed by atoms with Crippen LogP contribution in [0.3, 0.4) is 0 Å². The topological polar surface area (TPSA) is 140 Å². The molecule has 0 aliphatic heterocycles. The van der Waals surface area contributed by atoms with Gasteiger partial charge in [-0.1, -0.05) is 6.92 Å². The second-order valence-corrected chi connectivity index (χ2v) is 8.49. The number of ether oxygens (including phenoxy) is 1. The highest BCUT2D eigenvalue weighted by Crippen LogP contribution is 2.65. The fraction of sp³-hybridized carbons (Fsp3) is 1.00. The second-order valence-electron chi connectivity index (χ2n) is 3.11. The van der Waals surface area contributed by atoms with Crippen LogP contribution in [0.5, 0.6) is 0 Å². The van der Waals surface area contributed by atoms with Crippen LogP contribution in [0, 0.1) is 0 Å². The maximum absolute atomic E-state index is 11.2. The van der Waals surface area contributed by atoms with E-state index in [1.54, 1.807) is 6.92 Å². The van der Waals surface area contributed by atoms with Crippen LogP contribution in [0.4, 0.5) is 0 Å². The molecular weight excluding hydrogens is 297 g/mol. The molecule has 0 amide bonds. The van der Waals surface area contributed by atoms with Gasteiger partial charge in [0.05, 0.1) is 0 Å². The Morgan fingerprint density at radius 3 is 2.00 bits per heavy atom. The predicted octanol–water partition coefficient (Wildman–Crippen LogP) is 1.50. The second kappa shape index (κ2) is 6.57. The molecule has 0 saturated carbocycles. The molecule has 12 heteroatoms. The van der Waals surface area contributed by atoms with Crippen molar-refractivity contribution in [2.45, 2.75) is 13.3 Å². The van der Waals surface area contributed by atoms with E-state index in [-0.39, 0.29) is 6.61 Å². The van der Waals surface area contributed by atoms with Gasteiger partial charge in [-0.05, 0) is 6.42 Å². The molecule has 0 aromatic carbocycles. The van der Waals surface area contributed by atoms with Crippen molar-refractivity contribution in [2.24, 2.45) is 0 Å². The smallest absolute Gasteiger partial charge is 0.369 e. The minimum atomic E-state index is -5.09. The van der Waals surface area contributed by atoms with Crippen molar-refractivity contribution in [1.29, 1.82) is 0 Å². The predicted molar refractivity (Wildman–Crippen MR) is 58.7 cm³/mol. The van der Waals surface area contributed by atoms with Crippen LogP contribution in [-0.4, -0.2) is 34.3 Å². The molecule has 0 bridgehead atoms. The average molecular weight is 312 g/mol.